The van der Waals surface area contributed by atoms with Crippen LogP contribution in [0.15, 0.2) is 24.3 Å². The van der Waals surface area contributed by atoms with E-state index in [0.29, 0.717) is 11.8 Å². The van der Waals surface area contributed by atoms with Crippen molar-refractivity contribution in [2.45, 2.75) is 57.0 Å². The highest BCUT2D eigenvalue weighted by atomic mass is 16.3. The molecule has 1 aromatic rings. The number of aliphatic hydroxyl groups is 1. The molecule has 0 aliphatic heterocycles. The lowest BCUT2D eigenvalue weighted by molar-refractivity contribution is 0.0390. The molecule has 2 saturated carbocycles. The van der Waals surface area contributed by atoms with Crippen LogP contribution in [0.25, 0.3) is 0 Å². The minimum Gasteiger partial charge on any atom is -0.385 e. The Kier molecular flexibility index (Phi) is 2.74. The van der Waals surface area contributed by atoms with Crippen LogP contribution in [-0.2, 0) is 5.60 Å². The van der Waals surface area contributed by atoms with Crippen molar-refractivity contribution >= 4 is 0 Å². The highest BCUT2D eigenvalue weighted by Crippen LogP contribution is 2.47. The third-order valence-corrected chi connectivity index (χ3v) is 4.74. The van der Waals surface area contributed by atoms with Crippen molar-refractivity contribution in [1.29, 1.82) is 0 Å². The number of hydrogen-bond donors (Lipinski definition) is 1. The van der Waals surface area contributed by atoms with Gasteiger partial charge < -0.3 is 5.11 Å². The normalized spacial score (nSPS) is 33.6. The fourth-order valence-corrected chi connectivity index (χ4v) is 3.51. The van der Waals surface area contributed by atoms with E-state index in [-0.39, 0.29) is 0 Å². The van der Waals surface area contributed by atoms with Gasteiger partial charge in [-0.05, 0) is 55.1 Å². The van der Waals surface area contributed by atoms with Crippen molar-refractivity contribution in [2.75, 3.05) is 0 Å². The molecule has 92 valence electrons. The Hall–Kier alpha value is -0.820. The summed E-state index contributed by atoms with van der Waals surface area (Å²) >= 11 is 0. The van der Waals surface area contributed by atoms with Crippen molar-refractivity contribution in [3.63, 3.8) is 0 Å². The molecule has 0 amide bonds. The summed E-state index contributed by atoms with van der Waals surface area (Å²) in [4.78, 5) is 0. The highest BCUT2D eigenvalue weighted by Gasteiger charge is 2.39. The lowest BCUT2D eigenvalue weighted by Gasteiger charge is -2.33. The zero-order chi connectivity index (χ0) is 11.9. The van der Waals surface area contributed by atoms with Crippen molar-refractivity contribution in [3.05, 3.63) is 35.4 Å². The van der Waals surface area contributed by atoms with Crippen LogP contribution in [0, 0.1) is 5.92 Å². The summed E-state index contributed by atoms with van der Waals surface area (Å²) in [5.74, 6) is 1.38. The Balaban J connectivity index is 1.96. The first-order valence-electron chi connectivity index (χ1n) is 7.01. The summed E-state index contributed by atoms with van der Waals surface area (Å²) in [6, 6.07) is 8.60. The van der Waals surface area contributed by atoms with Gasteiger partial charge in [0.15, 0.2) is 0 Å². The van der Waals surface area contributed by atoms with Gasteiger partial charge in [-0.2, -0.15) is 0 Å². The number of rotatable bonds is 2. The molecule has 2 fully saturated rings. The van der Waals surface area contributed by atoms with Gasteiger partial charge in [0.05, 0.1) is 5.60 Å². The van der Waals surface area contributed by atoms with Crippen LogP contribution in [0.3, 0.4) is 0 Å². The zero-order valence-electron chi connectivity index (χ0n) is 10.7. The SMILES string of the molecule is CC1CCC(O)(c2ccccc2C2CCC2)C1. The fraction of sp³-hybridized carbons (Fsp3) is 0.625. The minimum absolute atomic E-state index is 0.536. The highest BCUT2D eigenvalue weighted by molar-refractivity contribution is 5.36. The van der Waals surface area contributed by atoms with Crippen molar-refractivity contribution in [3.8, 4) is 0 Å². The molecule has 2 aliphatic rings. The largest absolute Gasteiger partial charge is 0.385 e. The molecule has 2 aliphatic carbocycles. The molecule has 1 N–H and O–H groups in total. The van der Waals surface area contributed by atoms with Gasteiger partial charge in [0.1, 0.15) is 0 Å². The van der Waals surface area contributed by atoms with Crippen LogP contribution in [0.2, 0.25) is 0 Å². The molecule has 1 heteroatoms. The smallest absolute Gasteiger partial charge is 0.0902 e. The number of hydrogen-bond acceptors (Lipinski definition) is 1. The van der Waals surface area contributed by atoms with Crippen LogP contribution < -0.4 is 0 Å². The first kappa shape index (κ1) is 11.3. The summed E-state index contributed by atoms with van der Waals surface area (Å²) in [5, 5.41) is 10.9. The molecule has 0 heterocycles. The summed E-state index contributed by atoms with van der Waals surface area (Å²) in [6.07, 6.45) is 7.02. The molecule has 0 aromatic heterocycles. The van der Waals surface area contributed by atoms with E-state index in [1.807, 2.05) is 0 Å². The van der Waals surface area contributed by atoms with E-state index in [1.54, 1.807) is 0 Å². The quantitative estimate of drug-likeness (QED) is 0.815. The van der Waals surface area contributed by atoms with Crippen LogP contribution in [0.5, 0.6) is 0 Å². The second-order valence-electron chi connectivity index (χ2n) is 6.09. The molecular formula is C16H22O. The molecule has 2 atom stereocenters. The summed E-state index contributed by atoms with van der Waals surface area (Å²) in [7, 11) is 0. The average molecular weight is 230 g/mol. The average Bonchev–Trinajstić information content (AvgIpc) is 2.58. The monoisotopic (exact) mass is 230 g/mol. The summed E-state index contributed by atoms with van der Waals surface area (Å²) in [5.41, 5.74) is 2.12. The molecule has 3 rings (SSSR count). The van der Waals surface area contributed by atoms with Gasteiger partial charge >= 0.3 is 0 Å². The van der Waals surface area contributed by atoms with Crippen molar-refractivity contribution in [2.24, 2.45) is 5.92 Å². The Morgan fingerprint density at radius 2 is 1.94 bits per heavy atom. The fourth-order valence-electron chi connectivity index (χ4n) is 3.51. The van der Waals surface area contributed by atoms with Gasteiger partial charge in [0.2, 0.25) is 0 Å². The van der Waals surface area contributed by atoms with Crippen LogP contribution >= 0.6 is 0 Å². The van der Waals surface area contributed by atoms with E-state index in [1.165, 1.54) is 30.4 Å². The van der Waals surface area contributed by atoms with Crippen LogP contribution in [-0.4, -0.2) is 5.11 Å². The van der Waals surface area contributed by atoms with E-state index in [9.17, 15) is 5.11 Å². The van der Waals surface area contributed by atoms with Crippen LogP contribution in [0.4, 0.5) is 0 Å². The van der Waals surface area contributed by atoms with Gasteiger partial charge in [-0.25, -0.2) is 0 Å². The topological polar surface area (TPSA) is 20.2 Å². The molecule has 1 nitrogen and oxygen atoms in total. The predicted molar refractivity (Wildman–Crippen MR) is 69.9 cm³/mol. The van der Waals surface area contributed by atoms with E-state index < -0.39 is 5.60 Å². The first-order chi connectivity index (χ1) is 8.19. The lowest BCUT2D eigenvalue weighted by Crippen LogP contribution is -2.25. The van der Waals surface area contributed by atoms with E-state index in [0.717, 1.165) is 19.3 Å². The Morgan fingerprint density at radius 3 is 2.53 bits per heavy atom. The molecule has 1 aromatic carbocycles. The number of benzene rings is 1. The Labute approximate surface area is 104 Å². The van der Waals surface area contributed by atoms with E-state index in [2.05, 4.69) is 31.2 Å². The molecule has 0 radical (unpaired) electrons. The van der Waals surface area contributed by atoms with Crippen molar-refractivity contribution in [1.82, 2.24) is 0 Å². The second-order valence-corrected chi connectivity index (χ2v) is 6.09. The minimum atomic E-state index is -0.536. The Morgan fingerprint density at radius 1 is 1.18 bits per heavy atom. The molecule has 0 bridgehead atoms. The Bertz CT molecular complexity index is 408. The molecule has 0 saturated heterocycles. The van der Waals surface area contributed by atoms with E-state index in [4.69, 9.17) is 0 Å². The molecule has 17 heavy (non-hydrogen) atoms. The third-order valence-electron chi connectivity index (χ3n) is 4.74. The molecular weight excluding hydrogens is 208 g/mol. The van der Waals surface area contributed by atoms with Crippen LogP contribution in [0.1, 0.15) is 62.5 Å². The first-order valence-corrected chi connectivity index (χ1v) is 7.01. The lowest BCUT2D eigenvalue weighted by atomic mass is 9.74. The van der Waals surface area contributed by atoms with Gasteiger partial charge in [0, 0.05) is 0 Å². The van der Waals surface area contributed by atoms with Crippen molar-refractivity contribution < 1.29 is 5.11 Å². The van der Waals surface area contributed by atoms with E-state index >= 15 is 0 Å². The summed E-state index contributed by atoms with van der Waals surface area (Å²) in [6.45, 7) is 2.25. The maximum absolute atomic E-state index is 10.9. The zero-order valence-corrected chi connectivity index (χ0v) is 10.7. The standard InChI is InChI=1S/C16H22O/c1-12-9-10-16(17,11-12)15-8-3-2-7-14(15)13-5-4-6-13/h2-3,7-8,12-13,17H,4-6,9-11H2,1H3. The van der Waals surface area contributed by atoms with Gasteiger partial charge in [-0.3, -0.25) is 0 Å². The predicted octanol–water partition coefficient (Wildman–Crippen LogP) is 3.96. The van der Waals surface area contributed by atoms with Gasteiger partial charge in [0.25, 0.3) is 0 Å². The maximum atomic E-state index is 10.9. The second kappa shape index (κ2) is 4.13. The molecule has 2 unspecified atom stereocenters. The third kappa shape index (κ3) is 1.91. The van der Waals surface area contributed by atoms with Gasteiger partial charge in [-0.1, -0.05) is 37.6 Å². The van der Waals surface area contributed by atoms with Gasteiger partial charge in [-0.15, -0.1) is 0 Å². The summed E-state index contributed by atoms with van der Waals surface area (Å²) < 4.78 is 0. The maximum Gasteiger partial charge on any atom is 0.0902 e. The molecule has 0 spiro atoms.